The van der Waals surface area contributed by atoms with Crippen molar-refractivity contribution in [1.82, 2.24) is 4.98 Å². The molecule has 1 atom stereocenters. The zero-order valence-corrected chi connectivity index (χ0v) is 13.2. The highest BCUT2D eigenvalue weighted by molar-refractivity contribution is 6.33. The van der Waals surface area contributed by atoms with Crippen molar-refractivity contribution in [3.8, 4) is 11.3 Å². The van der Waals surface area contributed by atoms with Crippen LogP contribution in [0.3, 0.4) is 0 Å². The van der Waals surface area contributed by atoms with Crippen LogP contribution in [0.15, 0.2) is 34.7 Å². The summed E-state index contributed by atoms with van der Waals surface area (Å²) in [5, 5.41) is 1.56. The van der Waals surface area contributed by atoms with Gasteiger partial charge in [-0.25, -0.2) is 4.98 Å². The summed E-state index contributed by atoms with van der Waals surface area (Å²) < 4.78 is 5.93. The predicted octanol–water partition coefficient (Wildman–Crippen LogP) is 4.86. The Kier molecular flexibility index (Phi) is 3.12. The van der Waals surface area contributed by atoms with Gasteiger partial charge in [0.25, 0.3) is 0 Å². The summed E-state index contributed by atoms with van der Waals surface area (Å²) in [6, 6.07) is 9.60. The molecule has 0 spiro atoms. The van der Waals surface area contributed by atoms with Crippen LogP contribution in [0.4, 0.5) is 5.69 Å². The predicted molar refractivity (Wildman–Crippen MR) is 90.1 cm³/mol. The first-order valence-electron chi connectivity index (χ1n) is 7.59. The number of hydrogen-bond acceptors (Lipinski definition) is 3. The zero-order valence-electron chi connectivity index (χ0n) is 12.4. The fraction of sp³-hybridized carbons (Fsp3) is 0.278. The van der Waals surface area contributed by atoms with Crippen molar-refractivity contribution in [3.63, 3.8) is 0 Å². The van der Waals surface area contributed by atoms with E-state index in [0.29, 0.717) is 16.7 Å². The number of nitrogens with zero attached hydrogens (tertiary/aromatic N) is 1. The van der Waals surface area contributed by atoms with Crippen molar-refractivity contribution in [2.24, 2.45) is 5.92 Å². The molecule has 112 valence electrons. The van der Waals surface area contributed by atoms with E-state index in [0.717, 1.165) is 47.4 Å². The van der Waals surface area contributed by atoms with Gasteiger partial charge in [0.2, 0.25) is 5.71 Å². The molecule has 2 heterocycles. The van der Waals surface area contributed by atoms with Gasteiger partial charge in [-0.2, -0.15) is 0 Å². The Morgan fingerprint density at radius 3 is 2.95 bits per heavy atom. The SMILES string of the molecule is C[C@H]1CCc2nc3oc(-c4ccccc4Cl)cc3c(N)c2C1. The molecule has 22 heavy (non-hydrogen) atoms. The van der Waals surface area contributed by atoms with Crippen LogP contribution in [-0.2, 0) is 12.8 Å². The molecule has 0 bridgehead atoms. The third-order valence-electron chi connectivity index (χ3n) is 4.48. The van der Waals surface area contributed by atoms with Gasteiger partial charge in [0, 0.05) is 16.9 Å². The molecule has 0 saturated heterocycles. The van der Waals surface area contributed by atoms with Gasteiger partial charge in [0.05, 0.1) is 10.4 Å². The van der Waals surface area contributed by atoms with E-state index in [9.17, 15) is 0 Å². The standard InChI is InChI=1S/C18H17ClN2O/c1-10-6-7-15-12(8-10)17(20)13-9-16(22-18(13)21-15)11-4-2-3-5-14(11)19/h2-5,9-10H,6-8H2,1H3,(H2,20,21)/t10-/m0/s1. The first-order chi connectivity index (χ1) is 10.6. The first kappa shape index (κ1) is 13.6. The minimum atomic E-state index is 0.612. The summed E-state index contributed by atoms with van der Waals surface area (Å²) in [7, 11) is 0. The second-order valence-electron chi connectivity index (χ2n) is 6.11. The van der Waals surface area contributed by atoms with Crippen LogP contribution in [-0.4, -0.2) is 4.98 Å². The van der Waals surface area contributed by atoms with Crippen LogP contribution in [0.1, 0.15) is 24.6 Å². The van der Waals surface area contributed by atoms with E-state index in [1.807, 2.05) is 30.3 Å². The van der Waals surface area contributed by atoms with Crippen molar-refractivity contribution in [3.05, 3.63) is 46.6 Å². The van der Waals surface area contributed by atoms with Crippen molar-refractivity contribution in [2.45, 2.75) is 26.2 Å². The van der Waals surface area contributed by atoms with Crippen LogP contribution in [0.5, 0.6) is 0 Å². The fourth-order valence-electron chi connectivity index (χ4n) is 3.23. The summed E-state index contributed by atoms with van der Waals surface area (Å²) in [5.74, 6) is 1.37. The minimum absolute atomic E-state index is 0.612. The number of nitrogens with two attached hydrogens (primary N) is 1. The Bertz CT molecular complexity index is 869. The van der Waals surface area contributed by atoms with Gasteiger partial charge in [-0.3, -0.25) is 0 Å². The number of pyridine rings is 1. The number of hydrogen-bond donors (Lipinski definition) is 1. The second-order valence-corrected chi connectivity index (χ2v) is 6.52. The van der Waals surface area contributed by atoms with Gasteiger partial charge < -0.3 is 10.2 Å². The Balaban J connectivity index is 1.92. The topological polar surface area (TPSA) is 52.0 Å². The van der Waals surface area contributed by atoms with Gasteiger partial charge in [0.1, 0.15) is 5.76 Å². The Morgan fingerprint density at radius 1 is 1.32 bits per heavy atom. The van der Waals surface area contributed by atoms with Crippen LogP contribution >= 0.6 is 11.6 Å². The van der Waals surface area contributed by atoms with Crippen LogP contribution in [0, 0.1) is 5.92 Å². The average Bonchev–Trinajstić information content (AvgIpc) is 2.93. The first-order valence-corrected chi connectivity index (χ1v) is 7.97. The molecular formula is C18H17ClN2O. The zero-order chi connectivity index (χ0) is 15.3. The fourth-order valence-corrected chi connectivity index (χ4v) is 3.46. The number of nitrogen functional groups attached to an aromatic ring is 1. The lowest BCUT2D eigenvalue weighted by Gasteiger charge is -2.21. The maximum absolute atomic E-state index is 6.40. The number of fused-ring (bicyclic) bond motifs is 2. The summed E-state index contributed by atoms with van der Waals surface area (Å²) in [4.78, 5) is 4.70. The van der Waals surface area contributed by atoms with Crippen LogP contribution in [0.25, 0.3) is 22.4 Å². The van der Waals surface area contributed by atoms with Gasteiger partial charge in [0.15, 0.2) is 0 Å². The molecule has 0 radical (unpaired) electrons. The molecule has 0 aliphatic heterocycles. The Hall–Kier alpha value is -2.00. The molecule has 4 rings (SSSR count). The normalized spacial score (nSPS) is 17.6. The van der Waals surface area contributed by atoms with Gasteiger partial charge in [-0.15, -0.1) is 0 Å². The van der Waals surface area contributed by atoms with E-state index in [2.05, 4.69) is 6.92 Å². The number of aromatic nitrogens is 1. The lowest BCUT2D eigenvalue weighted by molar-refractivity contribution is 0.494. The number of halogens is 1. The van der Waals surface area contributed by atoms with E-state index in [-0.39, 0.29) is 0 Å². The number of furan rings is 1. The second kappa shape index (κ2) is 5.03. The molecule has 0 saturated carbocycles. The quantitative estimate of drug-likeness (QED) is 0.698. The summed E-state index contributed by atoms with van der Waals surface area (Å²) >= 11 is 6.26. The van der Waals surface area contributed by atoms with Gasteiger partial charge in [-0.05, 0) is 48.9 Å². The highest BCUT2D eigenvalue weighted by Gasteiger charge is 2.22. The number of aryl methyl sites for hydroxylation is 1. The molecule has 4 heteroatoms. The molecule has 1 aromatic carbocycles. The van der Waals surface area contributed by atoms with Crippen LogP contribution in [0.2, 0.25) is 5.02 Å². The van der Waals surface area contributed by atoms with E-state index in [1.54, 1.807) is 0 Å². The lowest BCUT2D eigenvalue weighted by Crippen LogP contribution is -2.15. The Morgan fingerprint density at radius 2 is 2.14 bits per heavy atom. The molecule has 2 aromatic heterocycles. The summed E-state index contributed by atoms with van der Waals surface area (Å²) in [5.41, 5.74) is 11.0. The molecule has 2 N–H and O–H groups in total. The van der Waals surface area contributed by atoms with Gasteiger partial charge in [-0.1, -0.05) is 30.7 Å². The highest BCUT2D eigenvalue weighted by atomic mass is 35.5. The molecule has 0 unspecified atom stereocenters. The molecule has 3 nitrogen and oxygen atoms in total. The maximum atomic E-state index is 6.40. The lowest BCUT2D eigenvalue weighted by atomic mass is 9.86. The monoisotopic (exact) mass is 312 g/mol. The summed E-state index contributed by atoms with van der Waals surface area (Å²) in [6.07, 6.45) is 3.12. The number of rotatable bonds is 1. The van der Waals surface area contributed by atoms with Crippen LogP contribution < -0.4 is 5.73 Å². The molecule has 1 aliphatic carbocycles. The molecule has 3 aromatic rings. The highest BCUT2D eigenvalue weighted by Crippen LogP contribution is 2.38. The van der Waals surface area contributed by atoms with Crippen molar-refractivity contribution >= 4 is 28.4 Å². The van der Waals surface area contributed by atoms with Crippen molar-refractivity contribution in [1.29, 1.82) is 0 Å². The van der Waals surface area contributed by atoms with Gasteiger partial charge >= 0.3 is 0 Å². The van der Waals surface area contributed by atoms with Crippen molar-refractivity contribution < 1.29 is 4.42 Å². The van der Waals surface area contributed by atoms with Crippen molar-refractivity contribution in [2.75, 3.05) is 5.73 Å². The number of benzene rings is 1. The number of anilines is 1. The van der Waals surface area contributed by atoms with E-state index in [4.69, 9.17) is 26.7 Å². The largest absolute Gasteiger partial charge is 0.438 e. The molecular weight excluding hydrogens is 296 g/mol. The minimum Gasteiger partial charge on any atom is -0.438 e. The third-order valence-corrected chi connectivity index (χ3v) is 4.81. The third kappa shape index (κ3) is 2.08. The Labute approximate surface area is 134 Å². The van der Waals surface area contributed by atoms with E-state index < -0.39 is 0 Å². The molecule has 0 amide bonds. The van der Waals surface area contributed by atoms with E-state index >= 15 is 0 Å². The maximum Gasteiger partial charge on any atom is 0.229 e. The molecule has 1 aliphatic rings. The molecule has 0 fully saturated rings. The van der Waals surface area contributed by atoms with E-state index in [1.165, 1.54) is 5.56 Å². The smallest absolute Gasteiger partial charge is 0.229 e. The summed E-state index contributed by atoms with van der Waals surface area (Å²) in [6.45, 7) is 2.26. The average molecular weight is 313 g/mol.